The van der Waals surface area contributed by atoms with E-state index in [1.165, 1.54) is 14.0 Å². The van der Waals surface area contributed by atoms with Crippen molar-refractivity contribution >= 4 is 17.8 Å². The molecule has 8 heteroatoms. The molecule has 4 atom stereocenters. The van der Waals surface area contributed by atoms with Crippen LogP contribution in [0.5, 0.6) is 0 Å². The normalized spacial score (nSPS) is 23.4. The van der Waals surface area contributed by atoms with Gasteiger partial charge in [-0.1, -0.05) is 24.3 Å². The average Bonchev–Trinajstić information content (AvgIpc) is 2.68. The number of amides is 1. The quantitative estimate of drug-likeness (QED) is 0.334. The Balaban J connectivity index is 2.66. The number of quaternary nitrogens is 1. The van der Waals surface area contributed by atoms with E-state index in [4.69, 9.17) is 16.2 Å². The number of hydrogen-bond acceptors (Lipinski definition) is 6. The van der Waals surface area contributed by atoms with Crippen LogP contribution in [0.2, 0.25) is 0 Å². The molecule has 0 aliphatic carbocycles. The number of ether oxygens (including phenoxy) is 1. The summed E-state index contributed by atoms with van der Waals surface area (Å²) in [5.41, 5.74) is 13.2. The van der Waals surface area contributed by atoms with Crippen molar-refractivity contribution < 1.29 is 28.7 Å². The number of hydrogen-bond donors (Lipinski definition) is 3. The number of carbonyl (C=O) groups is 3. The molecule has 1 aromatic rings. The molecule has 1 aliphatic heterocycles. The van der Waals surface area contributed by atoms with Gasteiger partial charge in [-0.25, -0.2) is 18.9 Å². The van der Waals surface area contributed by atoms with Crippen LogP contribution in [0.1, 0.15) is 37.3 Å². The summed E-state index contributed by atoms with van der Waals surface area (Å²) in [6.07, 6.45) is 1.69. The predicted molar refractivity (Wildman–Crippen MR) is 103 cm³/mol. The SMILES string of the molecule is COC(=O)[C@H](CCCCN)[N@+]1(C(=O)C(C)N)Cc2ccccc2CC1C(=O)O. The molecule has 0 saturated carbocycles. The second kappa shape index (κ2) is 9.27. The summed E-state index contributed by atoms with van der Waals surface area (Å²) in [5.74, 6) is -2.20. The Morgan fingerprint density at radius 1 is 1.25 bits per heavy atom. The first-order chi connectivity index (χ1) is 13.3. The largest absolute Gasteiger partial charge is 0.477 e. The zero-order chi connectivity index (χ0) is 20.9. The highest BCUT2D eigenvalue weighted by molar-refractivity contribution is 5.85. The van der Waals surface area contributed by atoms with Crippen molar-refractivity contribution in [2.45, 2.75) is 57.3 Å². The Kier molecular flexibility index (Phi) is 7.29. The summed E-state index contributed by atoms with van der Waals surface area (Å²) in [4.78, 5) is 38.4. The van der Waals surface area contributed by atoms with Crippen LogP contribution < -0.4 is 11.5 Å². The minimum Gasteiger partial charge on any atom is -0.477 e. The van der Waals surface area contributed by atoms with Gasteiger partial charge in [0.15, 0.2) is 12.1 Å². The number of nitrogens with two attached hydrogens (primary N) is 2. The van der Waals surface area contributed by atoms with Gasteiger partial charge in [-0.3, -0.25) is 0 Å². The van der Waals surface area contributed by atoms with Gasteiger partial charge in [0.25, 0.3) is 0 Å². The van der Waals surface area contributed by atoms with E-state index in [1.807, 2.05) is 24.3 Å². The van der Waals surface area contributed by atoms with Crippen LogP contribution >= 0.6 is 0 Å². The Morgan fingerprint density at radius 3 is 2.43 bits per heavy atom. The second-order valence-electron chi connectivity index (χ2n) is 7.37. The molecular weight excluding hydrogens is 362 g/mol. The molecule has 0 saturated heterocycles. The average molecular weight is 392 g/mol. The highest BCUT2D eigenvalue weighted by atomic mass is 16.5. The smallest absolute Gasteiger partial charge is 0.365 e. The molecule has 2 rings (SSSR count). The standard InChI is InChI=1S/C20H29N3O5/c1-13(22)18(24)23(16(20(27)28-2)9-5-6-10-21)12-15-8-4-3-7-14(15)11-17(23)19(25)26/h3-4,7-8,13,16-17H,5-6,9-12,21-22H2,1-2H3/p+1/t13?,16-,17?,23+/m0/s1. The van der Waals surface area contributed by atoms with Crippen LogP contribution in [0.4, 0.5) is 0 Å². The van der Waals surface area contributed by atoms with Crippen molar-refractivity contribution in [2.75, 3.05) is 13.7 Å². The van der Waals surface area contributed by atoms with Gasteiger partial charge >= 0.3 is 17.8 Å². The van der Waals surface area contributed by atoms with Crippen LogP contribution in [-0.4, -0.2) is 59.2 Å². The minimum atomic E-state index is -1.13. The first kappa shape index (κ1) is 22.0. The summed E-state index contributed by atoms with van der Waals surface area (Å²) in [5, 5.41) is 10.0. The molecule has 154 valence electrons. The van der Waals surface area contributed by atoms with Gasteiger partial charge in [-0.2, -0.15) is 0 Å². The first-order valence-corrected chi connectivity index (χ1v) is 9.54. The molecule has 0 radical (unpaired) electrons. The van der Waals surface area contributed by atoms with E-state index in [9.17, 15) is 19.5 Å². The molecule has 5 N–H and O–H groups in total. The number of rotatable bonds is 8. The van der Waals surface area contributed by atoms with E-state index >= 15 is 0 Å². The number of benzene rings is 1. The lowest BCUT2D eigenvalue weighted by Crippen LogP contribution is -2.73. The Morgan fingerprint density at radius 2 is 1.89 bits per heavy atom. The Hall–Kier alpha value is -2.29. The molecule has 1 heterocycles. The maximum absolute atomic E-state index is 13.4. The van der Waals surface area contributed by atoms with Gasteiger partial charge in [0.1, 0.15) is 12.6 Å². The van der Waals surface area contributed by atoms with Crippen LogP contribution in [0, 0.1) is 0 Å². The fourth-order valence-electron chi connectivity index (χ4n) is 4.20. The fourth-order valence-corrected chi connectivity index (χ4v) is 4.20. The summed E-state index contributed by atoms with van der Waals surface area (Å²) >= 11 is 0. The van der Waals surface area contributed by atoms with Crippen molar-refractivity contribution in [3.05, 3.63) is 35.4 Å². The number of nitrogens with zero attached hydrogens (tertiary/aromatic N) is 1. The van der Waals surface area contributed by atoms with E-state index in [1.54, 1.807) is 0 Å². The molecule has 0 fully saturated rings. The Labute approximate surface area is 165 Å². The van der Waals surface area contributed by atoms with Crippen molar-refractivity contribution in [1.29, 1.82) is 0 Å². The molecule has 2 unspecified atom stereocenters. The van der Waals surface area contributed by atoms with Gasteiger partial charge in [0.2, 0.25) is 0 Å². The van der Waals surface area contributed by atoms with Crippen molar-refractivity contribution in [3.63, 3.8) is 0 Å². The topological polar surface area (TPSA) is 133 Å². The van der Waals surface area contributed by atoms with E-state index < -0.39 is 40.5 Å². The van der Waals surface area contributed by atoms with Crippen LogP contribution in [-0.2, 0) is 32.1 Å². The molecule has 1 aliphatic rings. The van der Waals surface area contributed by atoms with Crippen molar-refractivity contribution in [3.8, 4) is 0 Å². The van der Waals surface area contributed by atoms with Gasteiger partial charge < -0.3 is 21.3 Å². The molecule has 8 nitrogen and oxygen atoms in total. The molecule has 1 aromatic carbocycles. The van der Waals surface area contributed by atoms with E-state index in [0.29, 0.717) is 25.8 Å². The maximum Gasteiger partial charge on any atom is 0.365 e. The number of carboxylic acids is 1. The lowest BCUT2D eigenvalue weighted by atomic mass is 9.86. The molecule has 0 aromatic heterocycles. The van der Waals surface area contributed by atoms with E-state index in [2.05, 4.69) is 0 Å². The highest BCUT2D eigenvalue weighted by Gasteiger charge is 2.59. The zero-order valence-corrected chi connectivity index (χ0v) is 16.5. The van der Waals surface area contributed by atoms with Crippen LogP contribution in [0.3, 0.4) is 0 Å². The maximum atomic E-state index is 13.4. The Bertz CT molecular complexity index is 736. The monoisotopic (exact) mass is 392 g/mol. The third-order valence-corrected chi connectivity index (χ3v) is 5.57. The van der Waals surface area contributed by atoms with Gasteiger partial charge in [0, 0.05) is 18.4 Å². The lowest BCUT2D eigenvalue weighted by molar-refractivity contribution is -0.903. The first-order valence-electron chi connectivity index (χ1n) is 9.54. The van der Waals surface area contributed by atoms with E-state index in [-0.39, 0.29) is 13.0 Å². The molecule has 1 amide bonds. The molecular formula is C20H30N3O5+. The summed E-state index contributed by atoms with van der Waals surface area (Å²) in [6.45, 7) is 2.06. The predicted octanol–water partition coefficient (Wildman–Crippen LogP) is 0.557. The molecule has 0 spiro atoms. The number of carboxylic acid groups (broad SMARTS) is 1. The third-order valence-electron chi connectivity index (χ3n) is 5.57. The zero-order valence-electron chi connectivity index (χ0n) is 16.5. The highest BCUT2D eigenvalue weighted by Crippen LogP contribution is 2.36. The van der Waals surface area contributed by atoms with Gasteiger partial charge in [-0.15, -0.1) is 0 Å². The lowest BCUT2D eigenvalue weighted by Gasteiger charge is -2.48. The number of esters is 1. The number of carbonyl (C=O) groups excluding carboxylic acids is 2. The number of methoxy groups -OCH3 is 1. The summed E-state index contributed by atoms with van der Waals surface area (Å²) in [7, 11) is 1.25. The minimum absolute atomic E-state index is 0.0932. The number of aliphatic carboxylic acids is 1. The van der Waals surface area contributed by atoms with Crippen LogP contribution in [0.25, 0.3) is 0 Å². The van der Waals surface area contributed by atoms with Gasteiger partial charge in [0.05, 0.1) is 7.11 Å². The van der Waals surface area contributed by atoms with Gasteiger partial charge in [-0.05, 0) is 31.9 Å². The summed E-state index contributed by atoms with van der Waals surface area (Å²) < 4.78 is 4.44. The molecule has 28 heavy (non-hydrogen) atoms. The van der Waals surface area contributed by atoms with Crippen LogP contribution in [0.15, 0.2) is 24.3 Å². The number of fused-ring (bicyclic) bond motifs is 1. The van der Waals surface area contributed by atoms with Crippen molar-refractivity contribution in [1.82, 2.24) is 0 Å². The van der Waals surface area contributed by atoms with Crippen molar-refractivity contribution in [2.24, 2.45) is 11.5 Å². The second-order valence-corrected chi connectivity index (χ2v) is 7.37. The number of unbranched alkanes of at least 4 members (excludes halogenated alkanes) is 1. The third kappa shape index (κ3) is 4.09. The molecule has 0 bridgehead atoms. The van der Waals surface area contributed by atoms with E-state index in [0.717, 1.165) is 11.1 Å². The fraction of sp³-hybridized carbons (Fsp3) is 0.550. The summed E-state index contributed by atoms with van der Waals surface area (Å²) in [6, 6.07) is 4.41.